The summed E-state index contributed by atoms with van der Waals surface area (Å²) in [7, 11) is -3.79. The van der Waals surface area contributed by atoms with E-state index in [1.807, 2.05) is 19.9 Å². The van der Waals surface area contributed by atoms with Crippen molar-refractivity contribution in [3.63, 3.8) is 0 Å². The average Bonchev–Trinajstić information content (AvgIpc) is 3.45. The Hall–Kier alpha value is -4.67. The fraction of sp³-hybridized carbons (Fsp3) is 0.522. The van der Waals surface area contributed by atoms with E-state index >= 15 is 0 Å². The van der Waals surface area contributed by atoms with Crippen molar-refractivity contribution in [2.75, 3.05) is 44.5 Å². The summed E-state index contributed by atoms with van der Waals surface area (Å²) in [6, 6.07) is 33.6. The molecule has 442 valence electrons. The number of aliphatic hydroxyl groups is 2. The lowest BCUT2D eigenvalue weighted by molar-refractivity contribution is 0.162. The Bertz CT molecular complexity index is 2470. The normalized spacial score (nSPS) is 11.8. The highest BCUT2D eigenvalue weighted by atomic mass is 31.2. The van der Waals surface area contributed by atoms with Crippen molar-refractivity contribution in [1.29, 1.82) is 0 Å². The van der Waals surface area contributed by atoms with Gasteiger partial charge in [-0.25, -0.2) is 4.57 Å². The summed E-state index contributed by atoms with van der Waals surface area (Å²) in [5, 5.41) is 19.8. The van der Waals surface area contributed by atoms with Crippen LogP contribution in [0.15, 0.2) is 97.1 Å². The Morgan fingerprint density at radius 2 is 1.11 bits per heavy atom. The van der Waals surface area contributed by atoms with Crippen LogP contribution in [-0.2, 0) is 53.4 Å². The van der Waals surface area contributed by atoms with Gasteiger partial charge in [0, 0.05) is 35.8 Å². The largest absolute Gasteiger partial charge is 0.493 e. The first-order valence-electron chi connectivity index (χ1n) is 29.6. The van der Waals surface area contributed by atoms with Gasteiger partial charge in [0.2, 0.25) is 0 Å². The number of aliphatic hydroxyl groups excluding tert-OH is 2. The fourth-order valence-electron chi connectivity index (χ4n) is 9.06. The summed E-state index contributed by atoms with van der Waals surface area (Å²) in [6.07, 6.45) is 19.0. The summed E-state index contributed by atoms with van der Waals surface area (Å²) in [5.74, 6) is 2.71. The molecule has 80 heavy (non-hydrogen) atoms. The van der Waals surface area contributed by atoms with Gasteiger partial charge in [-0.1, -0.05) is 152 Å². The summed E-state index contributed by atoms with van der Waals surface area (Å²) < 4.78 is 56.9. The van der Waals surface area contributed by atoms with Gasteiger partial charge < -0.3 is 38.4 Å². The minimum atomic E-state index is -3.35. The van der Waals surface area contributed by atoms with Crippen molar-refractivity contribution in [2.24, 2.45) is 11.8 Å². The molecule has 11 nitrogen and oxygen atoms in total. The van der Waals surface area contributed by atoms with Gasteiger partial charge in [-0.3, -0.25) is 9.09 Å². The second-order valence-corrected chi connectivity index (χ2v) is 23.4. The van der Waals surface area contributed by atoms with Gasteiger partial charge in [0.15, 0.2) is 0 Å². The zero-order valence-electron chi connectivity index (χ0n) is 50.6. The van der Waals surface area contributed by atoms with Crippen LogP contribution in [-0.4, -0.2) is 49.9 Å². The predicted octanol–water partition coefficient (Wildman–Crippen LogP) is 19.2. The van der Waals surface area contributed by atoms with Crippen LogP contribution in [0.3, 0.4) is 0 Å². The predicted molar refractivity (Wildman–Crippen MR) is 334 cm³/mol. The number of hydrogen-bond donors (Lipinski definition) is 2. The van der Waals surface area contributed by atoms with E-state index in [1.165, 1.54) is 68.9 Å². The van der Waals surface area contributed by atoms with Crippen LogP contribution in [0.4, 0.5) is 17.1 Å². The molecular formula is C67H99NO10P2. The van der Waals surface area contributed by atoms with E-state index in [4.69, 9.17) is 27.8 Å². The number of anilines is 3. The summed E-state index contributed by atoms with van der Waals surface area (Å²) in [6.45, 7) is 26.1. The van der Waals surface area contributed by atoms with Crippen LogP contribution < -0.4 is 14.4 Å². The van der Waals surface area contributed by atoms with Crippen LogP contribution in [0.1, 0.15) is 183 Å². The van der Waals surface area contributed by atoms with E-state index in [2.05, 4.69) is 144 Å². The third-order valence-electron chi connectivity index (χ3n) is 13.6. The molecule has 0 fully saturated rings. The van der Waals surface area contributed by atoms with Gasteiger partial charge in [0.25, 0.3) is 0 Å². The molecule has 0 heterocycles. The van der Waals surface area contributed by atoms with Crippen LogP contribution in [0, 0.1) is 32.6 Å². The van der Waals surface area contributed by atoms with Crippen LogP contribution in [0.25, 0.3) is 12.2 Å². The minimum absolute atomic E-state index is 0.000176. The summed E-state index contributed by atoms with van der Waals surface area (Å²) in [5.41, 5.74) is 11.8. The first-order valence-corrected chi connectivity index (χ1v) is 32.0. The highest BCUT2D eigenvalue weighted by Gasteiger charge is 2.27. The monoisotopic (exact) mass is 1140 g/mol. The lowest BCUT2D eigenvalue weighted by Gasteiger charge is -2.25. The van der Waals surface area contributed by atoms with Crippen LogP contribution in [0.2, 0.25) is 0 Å². The number of unbranched alkanes of at least 4 members (excludes halogenated alkanes) is 7. The molecule has 0 aliphatic heterocycles. The fourth-order valence-corrected chi connectivity index (χ4v) is 11.0. The first kappa shape index (κ1) is 69.6. The van der Waals surface area contributed by atoms with E-state index in [-0.39, 0.29) is 39.2 Å². The van der Waals surface area contributed by atoms with E-state index in [0.717, 1.165) is 84.1 Å². The van der Waals surface area contributed by atoms with Crippen molar-refractivity contribution in [2.45, 2.75) is 179 Å². The SMILES string of the molecule is CCCCCCCCCCOc1cc(C=Cc2ccc(N(c3ccc(C)cc3)c3ccc(C)cc3)cc2)c(CO)cc1C.CCOCC.CCOP(=O)(Cc1cc(CO)c(COP=O)cc1OCCC(C)CCCC(C)C)OCC. The molecule has 0 amide bonds. The summed E-state index contributed by atoms with van der Waals surface area (Å²) >= 11 is 0. The first-order chi connectivity index (χ1) is 38.7. The lowest BCUT2D eigenvalue weighted by atomic mass is 9.97. The van der Waals surface area contributed by atoms with E-state index < -0.39 is 16.3 Å². The molecule has 0 radical (unpaired) electrons. The van der Waals surface area contributed by atoms with Crippen molar-refractivity contribution in [3.05, 3.63) is 147 Å². The minimum Gasteiger partial charge on any atom is -0.493 e. The maximum atomic E-state index is 13.1. The van der Waals surface area contributed by atoms with Gasteiger partial charge in [-0.2, -0.15) is 0 Å². The van der Waals surface area contributed by atoms with E-state index in [0.29, 0.717) is 40.9 Å². The Morgan fingerprint density at radius 3 is 1.62 bits per heavy atom. The van der Waals surface area contributed by atoms with Gasteiger partial charge in [-0.05, 0) is 167 Å². The van der Waals surface area contributed by atoms with Crippen molar-refractivity contribution >= 4 is 45.5 Å². The Kier molecular flexibility index (Phi) is 35.2. The second-order valence-electron chi connectivity index (χ2n) is 20.9. The van der Waals surface area contributed by atoms with Crippen molar-refractivity contribution in [3.8, 4) is 11.5 Å². The number of ether oxygens (including phenoxy) is 3. The molecule has 0 aromatic heterocycles. The van der Waals surface area contributed by atoms with Crippen LogP contribution >= 0.6 is 16.3 Å². The number of aryl methyl sites for hydroxylation is 3. The maximum Gasteiger partial charge on any atom is 0.335 e. The standard InChI is InChI=1S/C40H49NO2.C23H40O7P2.C4H10O/c1-5-6-7-8-9-10-11-12-27-43-40-29-35(36(30-42)28-33(40)4)20-17-34-18-25-39(26-19-34)41(37-21-13-31(2)14-22-37)38-23-15-32(3)16-24-38;1-6-29-32(26,30-7-2)17-22-13-20(15-24)21(16-28-31-25)14-23(22)27-12-11-19(5)10-8-9-18(3)4;1-3-5-4-2/h13-26,28-29,42H,5-12,27,30H2,1-4H3;13-14,18-19,24H,6-12,15-17H2,1-5H3;3-4H2,1-2H3. The highest BCUT2D eigenvalue weighted by Crippen LogP contribution is 2.53. The summed E-state index contributed by atoms with van der Waals surface area (Å²) in [4.78, 5) is 2.28. The van der Waals surface area contributed by atoms with Gasteiger partial charge in [-0.15, -0.1) is 0 Å². The highest BCUT2D eigenvalue weighted by molar-refractivity contribution is 7.53. The molecule has 1 atom stereocenters. The molecule has 0 spiro atoms. The topological polar surface area (TPSA) is 133 Å². The Labute approximate surface area is 484 Å². The number of benzene rings is 5. The molecule has 5 rings (SSSR count). The number of hydrogen-bond acceptors (Lipinski definition) is 11. The third-order valence-corrected chi connectivity index (χ3v) is 15.9. The molecule has 0 saturated heterocycles. The zero-order valence-corrected chi connectivity index (χ0v) is 52.4. The zero-order chi connectivity index (χ0) is 58.5. The number of nitrogens with zero attached hydrogens (tertiary/aromatic N) is 1. The van der Waals surface area contributed by atoms with Gasteiger partial charge in [0.1, 0.15) is 11.5 Å². The smallest absolute Gasteiger partial charge is 0.335 e. The quantitative estimate of drug-likeness (QED) is 0.0226. The average molecular weight is 1140 g/mol. The van der Waals surface area contributed by atoms with Gasteiger partial charge >= 0.3 is 16.3 Å². The molecule has 13 heteroatoms. The van der Waals surface area contributed by atoms with Gasteiger partial charge in [0.05, 0.1) is 52.4 Å². The lowest BCUT2D eigenvalue weighted by Crippen LogP contribution is -2.09. The second kappa shape index (κ2) is 40.5. The molecule has 0 bridgehead atoms. The van der Waals surface area contributed by atoms with E-state index in [9.17, 15) is 19.3 Å². The molecule has 5 aromatic carbocycles. The molecule has 0 aliphatic rings. The molecular weight excluding hydrogens is 1040 g/mol. The molecule has 5 aromatic rings. The van der Waals surface area contributed by atoms with Crippen molar-refractivity contribution < 1.29 is 47.1 Å². The third kappa shape index (κ3) is 26.5. The molecule has 1 unspecified atom stereocenters. The number of rotatable bonds is 36. The molecule has 0 aliphatic carbocycles. The van der Waals surface area contributed by atoms with E-state index in [1.54, 1.807) is 26.0 Å². The van der Waals surface area contributed by atoms with Crippen molar-refractivity contribution in [1.82, 2.24) is 0 Å². The molecule has 0 saturated carbocycles. The Balaban J connectivity index is 0.000000402. The van der Waals surface area contributed by atoms with Crippen LogP contribution in [0.5, 0.6) is 11.5 Å². The molecule has 2 N–H and O–H groups in total. The Morgan fingerprint density at radius 1 is 0.562 bits per heavy atom. The maximum absolute atomic E-state index is 13.1.